The molecule has 21 heavy (non-hydrogen) atoms. The van der Waals surface area contributed by atoms with Crippen molar-refractivity contribution in [1.29, 1.82) is 0 Å². The maximum absolute atomic E-state index is 11.8. The summed E-state index contributed by atoms with van der Waals surface area (Å²) >= 11 is 0. The van der Waals surface area contributed by atoms with Crippen LogP contribution in [0.1, 0.15) is 22.3 Å². The molecule has 0 spiro atoms. The minimum Gasteiger partial charge on any atom is -0.399 e. The zero-order valence-corrected chi connectivity index (χ0v) is 11.9. The van der Waals surface area contributed by atoms with E-state index in [9.17, 15) is 4.79 Å². The summed E-state index contributed by atoms with van der Waals surface area (Å²) in [6.07, 6.45) is 0.785. The lowest BCUT2D eigenvalue weighted by atomic mass is 10.2. The summed E-state index contributed by atoms with van der Waals surface area (Å²) in [5.74, 6) is -0.0851. The maximum atomic E-state index is 11.8. The Morgan fingerprint density at radius 2 is 1.76 bits per heavy atom. The van der Waals surface area contributed by atoms with Gasteiger partial charge in [0.2, 0.25) is 0 Å². The highest BCUT2D eigenvalue weighted by molar-refractivity contribution is 5.94. The standard InChI is InChI=1S/C17H20N2O2/c18-16-9-7-15(8-10-16)17(20)19-11-4-12-21-13-14-5-2-1-3-6-14/h1-3,5-10H,4,11-13,18H2,(H,19,20). The third-order valence-corrected chi connectivity index (χ3v) is 3.04. The van der Waals surface area contributed by atoms with E-state index in [1.807, 2.05) is 30.3 Å². The molecule has 2 aromatic carbocycles. The number of ether oxygens (including phenoxy) is 1. The highest BCUT2D eigenvalue weighted by atomic mass is 16.5. The molecule has 0 saturated heterocycles. The van der Waals surface area contributed by atoms with Crippen LogP contribution in [0.2, 0.25) is 0 Å². The van der Waals surface area contributed by atoms with Crippen molar-refractivity contribution >= 4 is 11.6 Å². The molecule has 0 radical (unpaired) electrons. The van der Waals surface area contributed by atoms with Crippen molar-refractivity contribution in [3.8, 4) is 0 Å². The Bertz CT molecular complexity index is 553. The molecule has 0 atom stereocenters. The van der Waals surface area contributed by atoms with Gasteiger partial charge in [-0.15, -0.1) is 0 Å². The lowest BCUT2D eigenvalue weighted by Crippen LogP contribution is -2.25. The topological polar surface area (TPSA) is 64.4 Å². The van der Waals surface area contributed by atoms with Crippen molar-refractivity contribution in [3.05, 3.63) is 65.7 Å². The number of carbonyl (C=O) groups is 1. The predicted molar refractivity (Wildman–Crippen MR) is 83.9 cm³/mol. The van der Waals surface area contributed by atoms with Gasteiger partial charge in [0.15, 0.2) is 0 Å². The molecule has 2 rings (SSSR count). The van der Waals surface area contributed by atoms with E-state index in [0.29, 0.717) is 31.0 Å². The average molecular weight is 284 g/mol. The molecule has 4 nitrogen and oxygen atoms in total. The predicted octanol–water partition coefficient (Wildman–Crippen LogP) is 2.61. The summed E-state index contributed by atoms with van der Waals surface area (Å²) in [5, 5.41) is 2.86. The summed E-state index contributed by atoms with van der Waals surface area (Å²) in [6, 6.07) is 16.9. The molecule has 0 saturated carbocycles. The molecule has 1 amide bonds. The van der Waals surface area contributed by atoms with E-state index in [-0.39, 0.29) is 5.91 Å². The van der Waals surface area contributed by atoms with Crippen molar-refractivity contribution in [2.75, 3.05) is 18.9 Å². The van der Waals surface area contributed by atoms with Crippen molar-refractivity contribution in [1.82, 2.24) is 5.32 Å². The molecule has 4 heteroatoms. The first-order chi connectivity index (χ1) is 10.3. The number of nitrogens with two attached hydrogens (primary N) is 1. The molecule has 0 aliphatic heterocycles. The first kappa shape index (κ1) is 15.1. The first-order valence-electron chi connectivity index (χ1n) is 7.01. The molecule has 0 aromatic heterocycles. The van der Waals surface area contributed by atoms with Gasteiger partial charge in [0, 0.05) is 24.4 Å². The number of carbonyl (C=O) groups excluding carboxylic acids is 1. The van der Waals surface area contributed by atoms with E-state index in [0.717, 1.165) is 12.0 Å². The molecule has 3 N–H and O–H groups in total. The Balaban J connectivity index is 1.59. The SMILES string of the molecule is Nc1ccc(C(=O)NCCCOCc2ccccc2)cc1. The number of nitrogens with one attached hydrogen (secondary N) is 1. The Kier molecular flexibility index (Phi) is 5.79. The van der Waals surface area contributed by atoms with Crippen molar-refractivity contribution in [3.63, 3.8) is 0 Å². The van der Waals surface area contributed by atoms with E-state index in [1.165, 1.54) is 0 Å². The van der Waals surface area contributed by atoms with E-state index in [2.05, 4.69) is 5.32 Å². The van der Waals surface area contributed by atoms with E-state index in [1.54, 1.807) is 24.3 Å². The molecule has 0 bridgehead atoms. The molecule has 2 aromatic rings. The van der Waals surface area contributed by atoms with Crippen LogP contribution in [0.25, 0.3) is 0 Å². The van der Waals surface area contributed by atoms with Crippen LogP contribution in [0.5, 0.6) is 0 Å². The van der Waals surface area contributed by atoms with E-state index < -0.39 is 0 Å². The molecule has 0 heterocycles. The van der Waals surface area contributed by atoms with Crippen LogP contribution in [-0.4, -0.2) is 19.1 Å². The monoisotopic (exact) mass is 284 g/mol. The van der Waals surface area contributed by atoms with Crippen molar-refractivity contribution < 1.29 is 9.53 Å². The van der Waals surface area contributed by atoms with Crippen molar-refractivity contribution in [2.24, 2.45) is 0 Å². The molecule has 0 aliphatic rings. The van der Waals surface area contributed by atoms with Crippen LogP contribution in [0, 0.1) is 0 Å². The zero-order valence-electron chi connectivity index (χ0n) is 11.9. The van der Waals surface area contributed by atoms with Gasteiger partial charge >= 0.3 is 0 Å². The summed E-state index contributed by atoms with van der Waals surface area (Å²) < 4.78 is 5.56. The van der Waals surface area contributed by atoms with E-state index >= 15 is 0 Å². The highest BCUT2D eigenvalue weighted by Gasteiger charge is 2.03. The summed E-state index contributed by atoms with van der Waals surface area (Å²) in [7, 11) is 0. The Morgan fingerprint density at radius 1 is 1.05 bits per heavy atom. The zero-order chi connectivity index (χ0) is 14.9. The van der Waals surface area contributed by atoms with Gasteiger partial charge < -0.3 is 15.8 Å². The Morgan fingerprint density at radius 3 is 2.48 bits per heavy atom. The third kappa shape index (κ3) is 5.28. The normalized spacial score (nSPS) is 10.3. The smallest absolute Gasteiger partial charge is 0.251 e. The molecule has 0 aliphatic carbocycles. The maximum Gasteiger partial charge on any atom is 0.251 e. The lowest BCUT2D eigenvalue weighted by molar-refractivity contribution is 0.0934. The van der Waals surface area contributed by atoms with Gasteiger partial charge in [-0.2, -0.15) is 0 Å². The van der Waals surface area contributed by atoms with Crippen LogP contribution in [-0.2, 0) is 11.3 Å². The average Bonchev–Trinajstić information content (AvgIpc) is 2.52. The number of amides is 1. The van der Waals surface area contributed by atoms with Gasteiger partial charge in [-0.3, -0.25) is 4.79 Å². The second-order valence-corrected chi connectivity index (χ2v) is 4.77. The summed E-state index contributed by atoms with van der Waals surface area (Å²) in [6.45, 7) is 1.82. The fourth-order valence-corrected chi connectivity index (χ4v) is 1.88. The molecular formula is C17H20N2O2. The summed E-state index contributed by atoms with van der Waals surface area (Å²) in [5.41, 5.74) is 8.01. The van der Waals surface area contributed by atoms with Gasteiger partial charge in [-0.05, 0) is 36.2 Å². The van der Waals surface area contributed by atoms with Gasteiger partial charge in [0.25, 0.3) is 5.91 Å². The highest BCUT2D eigenvalue weighted by Crippen LogP contribution is 2.05. The summed E-state index contributed by atoms with van der Waals surface area (Å²) in [4.78, 5) is 11.8. The van der Waals surface area contributed by atoms with Crippen LogP contribution < -0.4 is 11.1 Å². The Labute approximate surface area is 124 Å². The number of benzene rings is 2. The Hall–Kier alpha value is -2.33. The second-order valence-electron chi connectivity index (χ2n) is 4.77. The molecule has 0 fully saturated rings. The van der Waals surface area contributed by atoms with Gasteiger partial charge in [0.05, 0.1) is 6.61 Å². The third-order valence-electron chi connectivity index (χ3n) is 3.04. The van der Waals surface area contributed by atoms with E-state index in [4.69, 9.17) is 10.5 Å². The number of anilines is 1. The van der Waals surface area contributed by atoms with Crippen LogP contribution in [0.3, 0.4) is 0 Å². The quantitative estimate of drug-likeness (QED) is 0.607. The number of nitrogen functional groups attached to an aromatic ring is 1. The fraction of sp³-hybridized carbons (Fsp3) is 0.235. The van der Waals surface area contributed by atoms with Crippen molar-refractivity contribution in [2.45, 2.75) is 13.0 Å². The van der Waals surface area contributed by atoms with Crippen LogP contribution in [0.4, 0.5) is 5.69 Å². The van der Waals surface area contributed by atoms with Gasteiger partial charge in [0.1, 0.15) is 0 Å². The number of rotatable bonds is 7. The van der Waals surface area contributed by atoms with Crippen LogP contribution in [0.15, 0.2) is 54.6 Å². The minimum absolute atomic E-state index is 0.0851. The molecule has 0 unspecified atom stereocenters. The lowest BCUT2D eigenvalue weighted by Gasteiger charge is -2.06. The number of hydrogen-bond donors (Lipinski definition) is 2. The largest absolute Gasteiger partial charge is 0.399 e. The van der Waals surface area contributed by atoms with Crippen LogP contribution >= 0.6 is 0 Å². The minimum atomic E-state index is -0.0851. The van der Waals surface area contributed by atoms with Gasteiger partial charge in [-0.25, -0.2) is 0 Å². The van der Waals surface area contributed by atoms with Gasteiger partial charge in [-0.1, -0.05) is 30.3 Å². The molecule has 110 valence electrons. The fourth-order valence-electron chi connectivity index (χ4n) is 1.88. The first-order valence-corrected chi connectivity index (χ1v) is 7.01. The second kappa shape index (κ2) is 8.07. The molecular weight excluding hydrogens is 264 g/mol. The number of hydrogen-bond acceptors (Lipinski definition) is 3.